The Morgan fingerprint density at radius 2 is 1.04 bits per heavy atom. The summed E-state index contributed by atoms with van der Waals surface area (Å²) in [6.07, 6.45) is 0. The minimum absolute atomic E-state index is 0.568. The van der Waals surface area contributed by atoms with Gasteiger partial charge in [-0.25, -0.2) is 9.97 Å². The summed E-state index contributed by atoms with van der Waals surface area (Å²) in [5.41, 5.74) is 11.5. The summed E-state index contributed by atoms with van der Waals surface area (Å²) in [4.78, 5) is 10.5. The Morgan fingerprint density at radius 1 is 0.375 bits per heavy atom. The van der Waals surface area contributed by atoms with Crippen LogP contribution in [-0.4, -0.2) is 14.5 Å². The molecule has 6 nitrogen and oxygen atoms in total. The summed E-state index contributed by atoms with van der Waals surface area (Å²) >= 11 is 0. The predicted octanol–water partition coefficient (Wildman–Crippen LogP) is 13.8. The van der Waals surface area contributed by atoms with E-state index in [9.17, 15) is 0 Å². The van der Waals surface area contributed by atoms with Crippen molar-refractivity contribution in [3.63, 3.8) is 0 Å². The second-order valence-electron chi connectivity index (χ2n) is 14.5. The van der Waals surface area contributed by atoms with Crippen LogP contribution in [0.5, 0.6) is 0 Å². The summed E-state index contributed by atoms with van der Waals surface area (Å²) < 4.78 is 22.0. The maximum absolute atomic E-state index is 7.04. The van der Waals surface area contributed by atoms with E-state index in [0.717, 1.165) is 115 Å². The van der Waals surface area contributed by atoms with Crippen LogP contribution in [0.15, 0.2) is 177 Å². The molecule has 56 heavy (non-hydrogen) atoms. The molecule has 5 aromatic heterocycles. The first-order valence-corrected chi connectivity index (χ1v) is 18.7. The molecule has 0 saturated heterocycles. The van der Waals surface area contributed by atoms with E-state index in [1.807, 2.05) is 48.5 Å². The zero-order chi connectivity index (χ0) is 36.5. The molecule has 260 valence electrons. The monoisotopic (exact) mass is 717 g/mol. The lowest BCUT2D eigenvalue weighted by atomic mass is 9.94. The van der Waals surface area contributed by atoms with E-state index in [4.69, 9.17) is 23.2 Å². The molecule has 6 heteroatoms. The van der Waals surface area contributed by atoms with Crippen LogP contribution in [0, 0.1) is 0 Å². The lowest BCUT2D eigenvalue weighted by Gasteiger charge is -2.09. The summed E-state index contributed by atoms with van der Waals surface area (Å²) in [5.74, 6) is 0.568. The summed E-state index contributed by atoms with van der Waals surface area (Å²) in [5, 5.41) is 9.71. The molecule has 0 amide bonds. The van der Waals surface area contributed by atoms with Crippen molar-refractivity contribution in [2.75, 3.05) is 0 Å². The van der Waals surface area contributed by atoms with Gasteiger partial charge in [-0.3, -0.25) is 4.57 Å². The van der Waals surface area contributed by atoms with Crippen LogP contribution in [0.1, 0.15) is 0 Å². The molecule has 0 fully saturated rings. The Hall–Kier alpha value is -7.70. The van der Waals surface area contributed by atoms with E-state index in [1.165, 1.54) is 0 Å². The Balaban J connectivity index is 1.10. The minimum atomic E-state index is 0.568. The fourth-order valence-electron chi connectivity index (χ4n) is 8.97. The average molecular weight is 718 g/mol. The third kappa shape index (κ3) is 3.99. The Morgan fingerprint density at radius 3 is 1.89 bits per heavy atom. The Bertz CT molecular complexity index is 3770. The van der Waals surface area contributed by atoms with Crippen LogP contribution in [0.2, 0.25) is 0 Å². The van der Waals surface area contributed by atoms with Crippen molar-refractivity contribution in [3.8, 4) is 28.3 Å². The van der Waals surface area contributed by atoms with Crippen LogP contribution < -0.4 is 0 Å². The Labute approximate surface area is 317 Å². The van der Waals surface area contributed by atoms with E-state index in [-0.39, 0.29) is 0 Å². The maximum Gasteiger partial charge on any atom is 0.236 e. The quantitative estimate of drug-likeness (QED) is 0.182. The van der Waals surface area contributed by atoms with Crippen LogP contribution >= 0.6 is 0 Å². The molecule has 0 atom stereocenters. The van der Waals surface area contributed by atoms with Crippen molar-refractivity contribution in [2.24, 2.45) is 0 Å². The summed E-state index contributed by atoms with van der Waals surface area (Å²) in [6.45, 7) is 0. The maximum atomic E-state index is 7.04. The number of hydrogen-bond acceptors (Lipinski definition) is 5. The van der Waals surface area contributed by atoms with Gasteiger partial charge in [-0.05, 0) is 76.5 Å². The minimum Gasteiger partial charge on any atom is -0.456 e. The normalized spacial score (nSPS) is 12.3. The van der Waals surface area contributed by atoms with Gasteiger partial charge in [0, 0.05) is 37.9 Å². The highest BCUT2D eigenvalue weighted by Crippen LogP contribution is 2.45. The first-order chi connectivity index (χ1) is 27.8. The van der Waals surface area contributed by atoms with Gasteiger partial charge < -0.3 is 13.3 Å². The number of benzene rings is 8. The van der Waals surface area contributed by atoms with Gasteiger partial charge in [0.15, 0.2) is 5.58 Å². The third-order valence-corrected chi connectivity index (χ3v) is 11.4. The van der Waals surface area contributed by atoms with Gasteiger partial charge in [0.1, 0.15) is 39.1 Å². The van der Waals surface area contributed by atoms with Crippen LogP contribution in [0.25, 0.3) is 127 Å². The lowest BCUT2D eigenvalue weighted by molar-refractivity contribution is 0.666. The molecule has 0 spiro atoms. The van der Waals surface area contributed by atoms with Crippen molar-refractivity contribution in [2.45, 2.75) is 0 Å². The zero-order valence-corrected chi connectivity index (χ0v) is 29.7. The molecule has 5 heterocycles. The van der Waals surface area contributed by atoms with Gasteiger partial charge in [-0.2, -0.15) is 0 Å². The number of furan rings is 3. The predicted molar refractivity (Wildman–Crippen MR) is 227 cm³/mol. The number of aromatic nitrogens is 3. The van der Waals surface area contributed by atoms with Crippen molar-refractivity contribution in [3.05, 3.63) is 164 Å². The highest BCUT2D eigenvalue weighted by atomic mass is 16.3. The number of para-hydroxylation sites is 3. The molecule has 0 N–H and O–H groups in total. The second-order valence-corrected chi connectivity index (χ2v) is 14.5. The molecule has 0 radical (unpaired) electrons. The first-order valence-electron chi connectivity index (χ1n) is 18.7. The highest BCUT2D eigenvalue weighted by molar-refractivity contribution is 6.29. The summed E-state index contributed by atoms with van der Waals surface area (Å²) in [7, 11) is 0. The molecular weight excluding hydrogens is 691 g/mol. The van der Waals surface area contributed by atoms with Gasteiger partial charge in [0.25, 0.3) is 0 Å². The lowest BCUT2D eigenvalue weighted by Crippen LogP contribution is -2.02. The largest absolute Gasteiger partial charge is 0.456 e. The molecule has 8 aromatic carbocycles. The zero-order valence-electron chi connectivity index (χ0n) is 29.7. The van der Waals surface area contributed by atoms with E-state index < -0.39 is 0 Å². The Kier molecular flexibility index (Phi) is 5.80. The van der Waals surface area contributed by atoms with Crippen LogP contribution in [-0.2, 0) is 0 Å². The van der Waals surface area contributed by atoms with Crippen molar-refractivity contribution in [1.82, 2.24) is 14.5 Å². The smallest absolute Gasteiger partial charge is 0.236 e. The molecule has 0 aliphatic heterocycles. The fourth-order valence-corrected chi connectivity index (χ4v) is 8.97. The molecule has 0 aliphatic rings. The van der Waals surface area contributed by atoms with Crippen LogP contribution in [0.3, 0.4) is 0 Å². The topological polar surface area (TPSA) is 70.1 Å². The molecule has 13 aromatic rings. The van der Waals surface area contributed by atoms with E-state index in [2.05, 4.69) is 120 Å². The standard InChI is InChI=1S/C50H27N3O3/c1-2-12-28(13-3-1)46-49-47(35-18-8-11-21-41(35)55-49)52-50(51-46)53-38-19-9-6-17-34(38)45-39(53)25-24-36-44-33-16-5-4-14-30(33)37(27-43(44)56-48(36)45)29-22-23-32-31-15-7-10-20-40(31)54-42(32)26-29/h1-27H. The van der Waals surface area contributed by atoms with Gasteiger partial charge in [-0.15, -0.1) is 0 Å². The second kappa shape index (κ2) is 10.9. The molecular formula is C50H27N3O3. The van der Waals surface area contributed by atoms with E-state index >= 15 is 0 Å². The number of hydrogen-bond donors (Lipinski definition) is 0. The van der Waals surface area contributed by atoms with Gasteiger partial charge in [-0.1, -0.05) is 109 Å². The van der Waals surface area contributed by atoms with E-state index in [1.54, 1.807) is 0 Å². The van der Waals surface area contributed by atoms with Crippen molar-refractivity contribution >= 4 is 98.5 Å². The van der Waals surface area contributed by atoms with E-state index in [0.29, 0.717) is 11.5 Å². The summed E-state index contributed by atoms with van der Waals surface area (Å²) in [6, 6.07) is 56.6. The fraction of sp³-hybridized carbons (Fsp3) is 0. The van der Waals surface area contributed by atoms with Gasteiger partial charge in [0.05, 0.1) is 16.4 Å². The van der Waals surface area contributed by atoms with Crippen molar-refractivity contribution < 1.29 is 13.3 Å². The highest BCUT2D eigenvalue weighted by Gasteiger charge is 2.24. The molecule has 0 saturated carbocycles. The molecule has 0 unspecified atom stereocenters. The van der Waals surface area contributed by atoms with Crippen molar-refractivity contribution in [1.29, 1.82) is 0 Å². The number of rotatable bonds is 3. The molecule has 13 rings (SSSR count). The average Bonchev–Trinajstić information content (AvgIpc) is 4.01. The number of nitrogens with zero attached hydrogens (tertiary/aromatic N) is 3. The third-order valence-electron chi connectivity index (χ3n) is 11.4. The van der Waals surface area contributed by atoms with Gasteiger partial charge >= 0.3 is 0 Å². The van der Waals surface area contributed by atoms with Gasteiger partial charge in [0.2, 0.25) is 5.95 Å². The molecule has 0 bridgehead atoms. The number of fused-ring (bicyclic) bond motifs is 15. The first kappa shape index (κ1) is 29.7. The SMILES string of the molecule is c1ccc(-c2nc(-n3c4ccccc4c4c5oc6cc(-c7ccc8c(c7)oc7ccccc78)c7ccccc7c6c5ccc43)nc3c2oc2ccccc23)cc1. The van der Waals surface area contributed by atoms with Crippen LogP contribution in [0.4, 0.5) is 0 Å². The molecule has 0 aliphatic carbocycles.